The molecule has 0 spiro atoms. The number of esters is 5. The van der Waals surface area contributed by atoms with Crippen molar-refractivity contribution in [1.82, 2.24) is 4.90 Å². The highest BCUT2D eigenvalue weighted by Gasteiger charge is 2.24. The molecule has 0 bridgehead atoms. The SMILES string of the molecule is CCCCCCCC(=O)OCC(CCCC(=O)OCC(COC(=O)CCCCCCC)COC(=O)CCCCN(CCO)C1CCC1)COC(=O)CCCCCCC. The van der Waals surface area contributed by atoms with E-state index in [2.05, 4.69) is 25.7 Å². The number of carbonyl (C=O) groups is 5. The average molecular weight is 826 g/mol. The van der Waals surface area contributed by atoms with Crippen LogP contribution in [0.3, 0.4) is 0 Å². The molecule has 1 atom stereocenters. The van der Waals surface area contributed by atoms with Crippen LogP contribution in [0, 0.1) is 11.8 Å². The number of hydrogen-bond donors (Lipinski definition) is 1. The summed E-state index contributed by atoms with van der Waals surface area (Å²) in [4.78, 5) is 65.1. The molecule has 0 heterocycles. The predicted molar refractivity (Wildman–Crippen MR) is 226 cm³/mol. The van der Waals surface area contributed by atoms with Gasteiger partial charge in [-0.25, -0.2) is 0 Å². The fourth-order valence-electron chi connectivity index (χ4n) is 6.87. The van der Waals surface area contributed by atoms with Gasteiger partial charge in [0.2, 0.25) is 0 Å². The number of aliphatic hydroxyl groups is 1. The average Bonchev–Trinajstić information content (AvgIpc) is 3.19. The van der Waals surface area contributed by atoms with E-state index >= 15 is 0 Å². The van der Waals surface area contributed by atoms with Gasteiger partial charge in [0.05, 0.1) is 25.7 Å². The molecule has 12 nitrogen and oxygen atoms in total. The maximum absolute atomic E-state index is 12.9. The van der Waals surface area contributed by atoms with Gasteiger partial charge in [-0.15, -0.1) is 0 Å². The third-order valence-electron chi connectivity index (χ3n) is 10.9. The molecule has 0 aliphatic heterocycles. The Hall–Kier alpha value is -2.73. The van der Waals surface area contributed by atoms with Crippen LogP contribution in [-0.4, -0.2) is 98.6 Å². The van der Waals surface area contributed by atoms with Gasteiger partial charge in [-0.05, 0) is 64.3 Å². The van der Waals surface area contributed by atoms with Crippen LogP contribution in [0.25, 0.3) is 0 Å². The molecule has 1 fully saturated rings. The molecule has 1 aliphatic rings. The molecule has 12 heteroatoms. The van der Waals surface area contributed by atoms with Gasteiger partial charge in [0.25, 0.3) is 0 Å². The third kappa shape index (κ3) is 30.3. The van der Waals surface area contributed by atoms with E-state index in [-0.39, 0.29) is 82.3 Å². The number of unbranched alkanes of at least 4 members (excludes halogenated alkanes) is 13. The van der Waals surface area contributed by atoms with Crippen LogP contribution in [0.2, 0.25) is 0 Å². The van der Waals surface area contributed by atoms with Crippen LogP contribution in [0.4, 0.5) is 0 Å². The smallest absolute Gasteiger partial charge is 0.305 e. The predicted octanol–water partition coefficient (Wildman–Crippen LogP) is 9.20. The van der Waals surface area contributed by atoms with E-state index in [9.17, 15) is 29.1 Å². The van der Waals surface area contributed by atoms with Crippen molar-refractivity contribution in [3.05, 3.63) is 0 Å². The Morgan fingerprint density at radius 2 is 0.810 bits per heavy atom. The molecule has 58 heavy (non-hydrogen) atoms. The van der Waals surface area contributed by atoms with E-state index in [1.54, 1.807) is 0 Å². The molecule has 0 radical (unpaired) electrons. The Morgan fingerprint density at radius 3 is 1.16 bits per heavy atom. The highest BCUT2D eigenvalue weighted by molar-refractivity contribution is 5.71. The van der Waals surface area contributed by atoms with Gasteiger partial charge in [-0.3, -0.25) is 28.9 Å². The highest BCUT2D eigenvalue weighted by atomic mass is 16.6. The quantitative estimate of drug-likeness (QED) is 0.0356. The second-order valence-corrected chi connectivity index (χ2v) is 16.3. The maximum Gasteiger partial charge on any atom is 0.305 e. The molecular weight excluding hydrogens is 743 g/mol. The van der Waals surface area contributed by atoms with Crippen LogP contribution in [0.15, 0.2) is 0 Å². The van der Waals surface area contributed by atoms with Crippen molar-refractivity contribution >= 4 is 29.8 Å². The number of ether oxygens (including phenoxy) is 5. The minimum atomic E-state index is -0.508. The number of rotatable bonds is 40. The van der Waals surface area contributed by atoms with Crippen molar-refractivity contribution in [3.8, 4) is 0 Å². The zero-order chi connectivity index (χ0) is 42.5. The van der Waals surface area contributed by atoms with E-state index in [0.29, 0.717) is 51.1 Å². The second kappa shape index (κ2) is 37.3. The lowest BCUT2D eigenvalue weighted by Crippen LogP contribution is -2.42. The normalized spacial score (nSPS) is 13.3. The highest BCUT2D eigenvalue weighted by Crippen LogP contribution is 2.25. The van der Waals surface area contributed by atoms with Crippen molar-refractivity contribution in [3.63, 3.8) is 0 Å². The Kier molecular flexibility index (Phi) is 34.3. The summed E-state index contributed by atoms with van der Waals surface area (Å²) in [5.74, 6) is -2.39. The minimum absolute atomic E-state index is 0.0259. The molecule has 1 aliphatic carbocycles. The first-order valence-electron chi connectivity index (χ1n) is 23.3. The Bertz CT molecular complexity index is 1040. The molecular formula is C46H83NO11. The van der Waals surface area contributed by atoms with Gasteiger partial charge in [0.1, 0.15) is 19.8 Å². The van der Waals surface area contributed by atoms with Gasteiger partial charge in [0, 0.05) is 50.6 Å². The first-order valence-corrected chi connectivity index (χ1v) is 23.3. The summed E-state index contributed by atoms with van der Waals surface area (Å²) < 4.78 is 27.8. The summed E-state index contributed by atoms with van der Waals surface area (Å²) in [6, 6.07) is 0.529. The Labute approximate surface area is 351 Å². The number of aliphatic hydroxyl groups excluding tert-OH is 1. The summed E-state index contributed by atoms with van der Waals surface area (Å²) in [5, 5.41) is 9.41. The van der Waals surface area contributed by atoms with Gasteiger partial charge >= 0.3 is 29.8 Å². The fourth-order valence-corrected chi connectivity index (χ4v) is 6.87. The molecule has 0 aromatic heterocycles. The summed E-state index contributed by atoms with van der Waals surface area (Å²) in [6.07, 6.45) is 22.7. The zero-order valence-electron chi connectivity index (χ0n) is 37.0. The van der Waals surface area contributed by atoms with Crippen LogP contribution >= 0.6 is 0 Å². The number of carbonyl (C=O) groups excluding carboxylic acids is 5. The molecule has 1 N–H and O–H groups in total. The molecule has 0 aromatic rings. The van der Waals surface area contributed by atoms with Crippen molar-refractivity contribution < 1.29 is 52.8 Å². The molecule has 0 aromatic carbocycles. The van der Waals surface area contributed by atoms with Gasteiger partial charge < -0.3 is 28.8 Å². The minimum Gasteiger partial charge on any atom is -0.465 e. The van der Waals surface area contributed by atoms with Crippen molar-refractivity contribution in [2.24, 2.45) is 11.8 Å². The summed E-state index contributed by atoms with van der Waals surface area (Å²) in [5.41, 5.74) is 0. The molecule has 0 amide bonds. The lowest BCUT2D eigenvalue weighted by atomic mass is 9.91. The Morgan fingerprint density at radius 1 is 0.466 bits per heavy atom. The lowest BCUT2D eigenvalue weighted by molar-refractivity contribution is -0.155. The monoisotopic (exact) mass is 826 g/mol. The van der Waals surface area contributed by atoms with Crippen molar-refractivity contribution in [2.45, 2.75) is 200 Å². The standard InChI is InChI=1S/C46H83NO11/c1-4-7-10-13-16-26-42(49)54-34-39(35-55-43(50)27-17-14-11-8-5-2)23-21-30-46(53)58-38-40(36-56-44(51)28-18-15-12-9-6-3)37-57-45(52)29-19-20-31-47(32-33-48)41-24-22-25-41/h39-41,48H,4-38H2,1-3H3. The topological polar surface area (TPSA) is 155 Å². The van der Waals surface area contributed by atoms with Crippen LogP contribution < -0.4 is 0 Å². The van der Waals surface area contributed by atoms with Gasteiger partial charge in [-0.2, -0.15) is 0 Å². The third-order valence-corrected chi connectivity index (χ3v) is 10.9. The first kappa shape index (κ1) is 53.3. The van der Waals surface area contributed by atoms with E-state index in [0.717, 1.165) is 122 Å². The van der Waals surface area contributed by atoms with Crippen LogP contribution in [0.1, 0.15) is 194 Å². The molecule has 1 unspecified atom stereocenters. The largest absolute Gasteiger partial charge is 0.465 e. The maximum atomic E-state index is 12.9. The summed E-state index contributed by atoms with van der Waals surface area (Å²) >= 11 is 0. The van der Waals surface area contributed by atoms with Gasteiger partial charge in [0.15, 0.2) is 0 Å². The summed E-state index contributed by atoms with van der Waals surface area (Å²) in [7, 11) is 0. The Balaban J connectivity index is 2.63. The number of nitrogens with zero attached hydrogens (tertiary/aromatic N) is 1. The van der Waals surface area contributed by atoms with Crippen LogP contribution in [0.5, 0.6) is 0 Å². The van der Waals surface area contributed by atoms with E-state index in [1.165, 1.54) is 6.42 Å². The van der Waals surface area contributed by atoms with Crippen molar-refractivity contribution in [1.29, 1.82) is 0 Å². The van der Waals surface area contributed by atoms with Crippen molar-refractivity contribution in [2.75, 3.05) is 52.7 Å². The first-order chi connectivity index (χ1) is 28.2. The van der Waals surface area contributed by atoms with E-state index < -0.39 is 11.9 Å². The van der Waals surface area contributed by atoms with Crippen LogP contribution in [-0.2, 0) is 47.7 Å². The molecule has 1 saturated carbocycles. The number of hydrogen-bond acceptors (Lipinski definition) is 12. The van der Waals surface area contributed by atoms with E-state index in [1.807, 2.05) is 0 Å². The zero-order valence-corrected chi connectivity index (χ0v) is 37.0. The fraction of sp³-hybridized carbons (Fsp3) is 0.891. The summed E-state index contributed by atoms with van der Waals surface area (Å²) in [6.45, 7) is 8.15. The molecule has 0 saturated heterocycles. The lowest BCUT2D eigenvalue weighted by Gasteiger charge is -2.37. The van der Waals surface area contributed by atoms with Gasteiger partial charge in [-0.1, -0.05) is 104 Å². The second-order valence-electron chi connectivity index (χ2n) is 16.3. The molecule has 1 rings (SSSR count). The molecule has 338 valence electrons. The van der Waals surface area contributed by atoms with E-state index in [4.69, 9.17) is 23.7 Å².